The summed E-state index contributed by atoms with van der Waals surface area (Å²) in [6.07, 6.45) is 0. The molecule has 0 aromatic carbocycles. The number of nitrogens with zero attached hydrogens (tertiary/aromatic N) is 2. The molecule has 0 saturated heterocycles. The average molecular weight is 172 g/mol. The Bertz CT molecular complexity index is 189. The van der Waals surface area contributed by atoms with Crippen LogP contribution in [0.4, 0.5) is 0 Å². The zero-order chi connectivity index (χ0) is 9.89. The summed E-state index contributed by atoms with van der Waals surface area (Å²) in [6.45, 7) is 6.60. The van der Waals surface area contributed by atoms with Gasteiger partial charge in [0.15, 0.2) is 0 Å². The van der Waals surface area contributed by atoms with E-state index in [0.717, 1.165) is 0 Å². The normalized spacial score (nSPS) is 9.83. The van der Waals surface area contributed by atoms with E-state index in [1.807, 2.05) is 13.8 Å². The van der Waals surface area contributed by atoms with Crippen LogP contribution in [0.25, 0.3) is 0 Å². The molecule has 0 aromatic heterocycles. The lowest BCUT2D eigenvalue weighted by Gasteiger charge is -2.33. The quantitative estimate of drug-likeness (QED) is 0.544. The van der Waals surface area contributed by atoms with Crippen molar-refractivity contribution in [1.29, 1.82) is 0 Å². The number of amides is 2. The van der Waals surface area contributed by atoms with Gasteiger partial charge in [0.25, 0.3) is 0 Å². The van der Waals surface area contributed by atoms with Gasteiger partial charge in [0.1, 0.15) is 0 Å². The van der Waals surface area contributed by atoms with Crippen LogP contribution in [-0.2, 0) is 9.59 Å². The van der Waals surface area contributed by atoms with E-state index in [4.69, 9.17) is 0 Å². The first-order valence-electron chi connectivity index (χ1n) is 3.92. The highest BCUT2D eigenvalue weighted by Crippen LogP contribution is 2.02. The fourth-order valence-electron chi connectivity index (χ4n) is 1.07. The van der Waals surface area contributed by atoms with Gasteiger partial charge in [-0.25, -0.2) is 5.01 Å². The Kier molecular flexibility index (Phi) is 3.73. The van der Waals surface area contributed by atoms with Crippen LogP contribution in [0, 0.1) is 0 Å². The number of carbonyl (C=O) groups excluding carboxylic acids is 2. The molecule has 0 N–H and O–H groups in total. The maximum absolute atomic E-state index is 11.1. The van der Waals surface area contributed by atoms with E-state index >= 15 is 0 Å². The minimum absolute atomic E-state index is 0.0106. The minimum Gasteiger partial charge on any atom is -0.273 e. The monoisotopic (exact) mass is 172 g/mol. The van der Waals surface area contributed by atoms with E-state index in [2.05, 4.69) is 0 Å². The first kappa shape index (κ1) is 10.9. The fourth-order valence-corrected chi connectivity index (χ4v) is 1.07. The van der Waals surface area contributed by atoms with E-state index in [1.165, 1.54) is 23.9 Å². The Hall–Kier alpha value is -1.06. The largest absolute Gasteiger partial charge is 0.273 e. The van der Waals surface area contributed by atoms with Crippen LogP contribution >= 0.6 is 0 Å². The molecule has 4 heteroatoms. The lowest BCUT2D eigenvalue weighted by atomic mass is 10.3. The van der Waals surface area contributed by atoms with Crippen molar-refractivity contribution in [3.63, 3.8) is 0 Å². The molecule has 0 unspecified atom stereocenters. The van der Waals surface area contributed by atoms with Crippen molar-refractivity contribution in [3.05, 3.63) is 0 Å². The predicted octanol–water partition coefficient (Wildman–Crippen LogP) is 0.637. The second-order valence-electron chi connectivity index (χ2n) is 3.00. The second-order valence-corrected chi connectivity index (χ2v) is 3.00. The third-order valence-corrected chi connectivity index (χ3v) is 1.59. The smallest absolute Gasteiger partial charge is 0.238 e. The molecule has 70 valence electrons. The Morgan fingerprint density at radius 2 is 1.50 bits per heavy atom. The molecule has 0 aliphatic carbocycles. The molecule has 0 rings (SSSR count). The Balaban J connectivity index is 4.51. The van der Waals surface area contributed by atoms with Gasteiger partial charge in [-0.15, -0.1) is 0 Å². The maximum Gasteiger partial charge on any atom is 0.238 e. The van der Waals surface area contributed by atoms with Gasteiger partial charge in [-0.3, -0.25) is 14.6 Å². The summed E-state index contributed by atoms with van der Waals surface area (Å²) in [7, 11) is 1.59. The SMILES string of the molecule is CC(=O)N(C)N(C(C)=O)C(C)C. The summed E-state index contributed by atoms with van der Waals surface area (Å²) in [6, 6.07) is 0.0106. The molecule has 0 saturated carbocycles. The molecule has 0 fully saturated rings. The highest BCUT2D eigenvalue weighted by atomic mass is 16.2. The maximum atomic E-state index is 11.1. The molecule has 0 aromatic rings. The summed E-state index contributed by atoms with van der Waals surface area (Å²) >= 11 is 0. The molecule has 4 nitrogen and oxygen atoms in total. The molecule has 0 aliphatic rings. The van der Waals surface area contributed by atoms with Crippen molar-refractivity contribution in [1.82, 2.24) is 10.0 Å². The van der Waals surface area contributed by atoms with Crippen LogP contribution in [0.1, 0.15) is 27.7 Å². The zero-order valence-electron chi connectivity index (χ0n) is 8.29. The number of hydrazine groups is 1. The van der Waals surface area contributed by atoms with E-state index in [-0.39, 0.29) is 17.9 Å². The van der Waals surface area contributed by atoms with Crippen molar-refractivity contribution >= 4 is 11.8 Å². The first-order chi connectivity index (χ1) is 5.37. The van der Waals surface area contributed by atoms with Gasteiger partial charge in [0.05, 0.1) is 0 Å². The number of hydrogen-bond donors (Lipinski definition) is 0. The highest BCUT2D eigenvalue weighted by molar-refractivity contribution is 5.79. The van der Waals surface area contributed by atoms with Gasteiger partial charge >= 0.3 is 0 Å². The molecule has 0 radical (unpaired) electrons. The molecule has 0 spiro atoms. The first-order valence-corrected chi connectivity index (χ1v) is 3.92. The number of rotatable bonds is 1. The molecule has 12 heavy (non-hydrogen) atoms. The van der Waals surface area contributed by atoms with Gasteiger partial charge in [-0.1, -0.05) is 0 Å². The van der Waals surface area contributed by atoms with Crippen LogP contribution in [0.15, 0.2) is 0 Å². The Morgan fingerprint density at radius 1 is 1.08 bits per heavy atom. The summed E-state index contributed by atoms with van der Waals surface area (Å²) in [5.41, 5.74) is 0. The highest BCUT2D eigenvalue weighted by Gasteiger charge is 2.19. The van der Waals surface area contributed by atoms with Gasteiger partial charge in [0, 0.05) is 26.9 Å². The average Bonchev–Trinajstić information content (AvgIpc) is 1.85. The molecular weight excluding hydrogens is 156 g/mol. The van der Waals surface area contributed by atoms with Crippen molar-refractivity contribution in [3.8, 4) is 0 Å². The molecule has 0 heterocycles. The van der Waals surface area contributed by atoms with Gasteiger partial charge in [-0.2, -0.15) is 0 Å². The van der Waals surface area contributed by atoms with Crippen molar-refractivity contribution in [2.24, 2.45) is 0 Å². The van der Waals surface area contributed by atoms with Crippen LogP contribution < -0.4 is 0 Å². The van der Waals surface area contributed by atoms with Crippen molar-refractivity contribution in [2.75, 3.05) is 7.05 Å². The van der Waals surface area contributed by atoms with Crippen LogP contribution in [0.3, 0.4) is 0 Å². The summed E-state index contributed by atoms with van der Waals surface area (Å²) in [4.78, 5) is 22.0. The Labute approximate surface area is 73.1 Å². The standard InChI is InChI=1S/C8H16N2O2/c1-6(2)10(8(4)12)9(5)7(3)11/h6H,1-5H3. The molecule has 0 bridgehead atoms. The van der Waals surface area contributed by atoms with E-state index in [9.17, 15) is 9.59 Å². The fraction of sp³-hybridized carbons (Fsp3) is 0.750. The third-order valence-electron chi connectivity index (χ3n) is 1.59. The predicted molar refractivity (Wildman–Crippen MR) is 46.1 cm³/mol. The third kappa shape index (κ3) is 2.53. The molecule has 0 aliphatic heterocycles. The van der Waals surface area contributed by atoms with Crippen LogP contribution in [0.2, 0.25) is 0 Å². The zero-order valence-corrected chi connectivity index (χ0v) is 8.29. The molecular formula is C8H16N2O2. The summed E-state index contributed by atoms with van der Waals surface area (Å²) < 4.78 is 0. The van der Waals surface area contributed by atoms with Crippen molar-refractivity contribution < 1.29 is 9.59 Å². The van der Waals surface area contributed by atoms with Crippen molar-refractivity contribution in [2.45, 2.75) is 33.7 Å². The lowest BCUT2D eigenvalue weighted by Crippen LogP contribution is -2.49. The second kappa shape index (κ2) is 4.09. The number of carbonyl (C=O) groups is 2. The topological polar surface area (TPSA) is 40.6 Å². The van der Waals surface area contributed by atoms with Crippen LogP contribution in [-0.4, -0.2) is 34.9 Å². The van der Waals surface area contributed by atoms with E-state index in [0.29, 0.717) is 0 Å². The van der Waals surface area contributed by atoms with Gasteiger partial charge in [-0.05, 0) is 13.8 Å². The van der Waals surface area contributed by atoms with Gasteiger partial charge < -0.3 is 0 Å². The summed E-state index contributed by atoms with van der Waals surface area (Å²) in [5.74, 6) is -0.262. The number of hydrogen-bond acceptors (Lipinski definition) is 2. The lowest BCUT2D eigenvalue weighted by molar-refractivity contribution is -0.161. The van der Waals surface area contributed by atoms with E-state index < -0.39 is 0 Å². The molecule has 0 atom stereocenters. The van der Waals surface area contributed by atoms with E-state index in [1.54, 1.807) is 7.05 Å². The minimum atomic E-state index is -0.140. The molecule has 2 amide bonds. The van der Waals surface area contributed by atoms with Crippen LogP contribution in [0.5, 0.6) is 0 Å². The Morgan fingerprint density at radius 3 is 1.58 bits per heavy atom. The summed E-state index contributed by atoms with van der Waals surface area (Å²) in [5, 5.41) is 2.75. The van der Waals surface area contributed by atoms with Gasteiger partial charge in [0.2, 0.25) is 11.8 Å².